The normalized spacial score (nSPS) is 11.7. The smallest absolute Gasteiger partial charge is 0.221 e. The van der Waals surface area contributed by atoms with E-state index in [1.807, 2.05) is 85.8 Å². The second-order valence-corrected chi connectivity index (χ2v) is 8.05. The summed E-state index contributed by atoms with van der Waals surface area (Å²) in [6.07, 6.45) is 2.14. The second-order valence-electron chi connectivity index (χ2n) is 8.05. The third-order valence-corrected chi connectivity index (χ3v) is 5.64. The molecule has 166 valence electrons. The number of nitrogens with one attached hydrogen (secondary N) is 1. The maximum absolute atomic E-state index is 13.0. The van der Waals surface area contributed by atoms with Crippen molar-refractivity contribution >= 4 is 5.91 Å². The lowest BCUT2D eigenvalue weighted by Crippen LogP contribution is -2.28. The van der Waals surface area contributed by atoms with Crippen molar-refractivity contribution < 1.29 is 9.53 Å². The van der Waals surface area contributed by atoms with E-state index in [9.17, 15) is 4.79 Å². The van der Waals surface area contributed by atoms with Crippen molar-refractivity contribution in [3.05, 3.63) is 132 Å². The van der Waals surface area contributed by atoms with E-state index in [1.165, 1.54) is 0 Å². The van der Waals surface area contributed by atoms with Crippen LogP contribution in [-0.2, 0) is 11.4 Å². The molecule has 1 atom stereocenters. The van der Waals surface area contributed by atoms with Gasteiger partial charge in [-0.1, -0.05) is 78.9 Å². The van der Waals surface area contributed by atoms with Crippen molar-refractivity contribution in [2.45, 2.75) is 31.9 Å². The van der Waals surface area contributed by atoms with Gasteiger partial charge in [-0.25, -0.2) is 0 Å². The number of nitrogens with zero attached hydrogens (tertiary/aromatic N) is 1. The molecule has 0 radical (unpaired) electrons. The number of ether oxygens (including phenoxy) is 1. The highest BCUT2D eigenvalue weighted by Crippen LogP contribution is 2.28. The van der Waals surface area contributed by atoms with Crippen molar-refractivity contribution in [2.24, 2.45) is 0 Å². The number of rotatable bonds is 9. The van der Waals surface area contributed by atoms with Crippen LogP contribution in [0.15, 0.2) is 109 Å². The zero-order valence-electron chi connectivity index (χ0n) is 18.7. The molecule has 1 amide bonds. The Bertz CT molecular complexity index is 1110. The first-order valence-electron chi connectivity index (χ1n) is 11.2. The van der Waals surface area contributed by atoms with E-state index < -0.39 is 0 Å². The highest BCUT2D eigenvalue weighted by atomic mass is 16.5. The number of hydrogen-bond donors (Lipinski definition) is 1. The Hall–Kier alpha value is -3.92. The van der Waals surface area contributed by atoms with Gasteiger partial charge in [0.05, 0.1) is 11.7 Å². The van der Waals surface area contributed by atoms with Crippen molar-refractivity contribution in [2.75, 3.05) is 0 Å². The Labute approximate surface area is 195 Å². The predicted octanol–water partition coefficient (Wildman–Crippen LogP) is 6.06. The summed E-state index contributed by atoms with van der Waals surface area (Å²) in [6.45, 7) is 2.40. The van der Waals surface area contributed by atoms with Gasteiger partial charge in [0.1, 0.15) is 12.4 Å². The number of hydrogen-bond acceptors (Lipinski definition) is 3. The molecule has 33 heavy (non-hydrogen) atoms. The van der Waals surface area contributed by atoms with E-state index in [1.54, 1.807) is 6.20 Å². The largest absolute Gasteiger partial charge is 0.487 e. The fourth-order valence-electron chi connectivity index (χ4n) is 3.88. The summed E-state index contributed by atoms with van der Waals surface area (Å²) >= 11 is 0. The summed E-state index contributed by atoms with van der Waals surface area (Å²) < 4.78 is 5.89. The molecule has 0 aliphatic carbocycles. The van der Waals surface area contributed by atoms with Gasteiger partial charge in [-0.15, -0.1) is 0 Å². The van der Waals surface area contributed by atoms with Gasteiger partial charge < -0.3 is 10.1 Å². The van der Waals surface area contributed by atoms with Crippen LogP contribution in [0.2, 0.25) is 0 Å². The molecule has 4 rings (SSSR count). The number of carbonyl (C=O) groups excluding carboxylic acids is 1. The minimum atomic E-state index is -0.136. The summed E-state index contributed by atoms with van der Waals surface area (Å²) in [5.74, 6) is 0.776. The lowest BCUT2D eigenvalue weighted by Gasteiger charge is -2.20. The molecular formula is C29H28N2O2. The van der Waals surface area contributed by atoms with E-state index in [2.05, 4.69) is 34.6 Å². The number of aromatic nitrogens is 1. The first-order chi connectivity index (χ1) is 16.2. The Morgan fingerprint density at radius 3 is 2.09 bits per heavy atom. The Morgan fingerprint density at radius 1 is 0.818 bits per heavy atom. The Kier molecular flexibility index (Phi) is 7.49. The summed E-state index contributed by atoms with van der Waals surface area (Å²) in [4.78, 5) is 17.3. The molecule has 4 aromatic rings. The minimum Gasteiger partial charge on any atom is -0.487 e. The first kappa shape index (κ1) is 22.3. The third kappa shape index (κ3) is 6.30. The number of pyridine rings is 1. The SMILES string of the molecule is CC(NC(=O)CC(c1ccccc1)c1ccccc1)c1cccc(OCc2ccccn2)c1. The van der Waals surface area contributed by atoms with Crippen molar-refractivity contribution in [1.29, 1.82) is 0 Å². The second kappa shape index (κ2) is 11.1. The van der Waals surface area contributed by atoms with Crippen LogP contribution in [0.1, 0.15) is 47.7 Å². The van der Waals surface area contributed by atoms with Crippen molar-refractivity contribution in [3.8, 4) is 5.75 Å². The molecule has 0 spiro atoms. The number of benzene rings is 3. The van der Waals surface area contributed by atoms with Crippen LogP contribution in [0.25, 0.3) is 0 Å². The van der Waals surface area contributed by atoms with E-state index in [0.717, 1.165) is 28.1 Å². The van der Waals surface area contributed by atoms with Gasteiger partial charge in [-0.3, -0.25) is 9.78 Å². The minimum absolute atomic E-state index is 0.00707. The molecule has 0 aliphatic heterocycles. The van der Waals surface area contributed by atoms with Crippen molar-refractivity contribution in [1.82, 2.24) is 10.3 Å². The predicted molar refractivity (Wildman–Crippen MR) is 131 cm³/mol. The molecule has 4 nitrogen and oxygen atoms in total. The van der Waals surface area contributed by atoms with E-state index in [4.69, 9.17) is 4.74 Å². The molecule has 4 heteroatoms. The Morgan fingerprint density at radius 2 is 1.45 bits per heavy atom. The maximum atomic E-state index is 13.0. The van der Waals surface area contributed by atoms with Crippen LogP contribution in [-0.4, -0.2) is 10.9 Å². The monoisotopic (exact) mass is 436 g/mol. The summed E-state index contributed by atoms with van der Waals surface area (Å²) in [7, 11) is 0. The molecule has 0 saturated heterocycles. The molecule has 3 aromatic carbocycles. The lowest BCUT2D eigenvalue weighted by molar-refractivity contribution is -0.121. The molecule has 0 saturated carbocycles. The van der Waals surface area contributed by atoms with Gasteiger partial charge >= 0.3 is 0 Å². The average molecular weight is 437 g/mol. The molecule has 1 N–H and O–H groups in total. The summed E-state index contributed by atoms with van der Waals surface area (Å²) in [5.41, 5.74) is 4.14. The van der Waals surface area contributed by atoms with E-state index in [0.29, 0.717) is 13.0 Å². The molecule has 1 aromatic heterocycles. The zero-order valence-corrected chi connectivity index (χ0v) is 18.7. The maximum Gasteiger partial charge on any atom is 0.221 e. The third-order valence-electron chi connectivity index (χ3n) is 5.64. The van der Waals surface area contributed by atoms with Crippen molar-refractivity contribution in [3.63, 3.8) is 0 Å². The molecule has 0 bridgehead atoms. The van der Waals surface area contributed by atoms with Gasteiger partial charge in [0.15, 0.2) is 0 Å². The van der Waals surface area contributed by atoms with E-state index >= 15 is 0 Å². The van der Waals surface area contributed by atoms with Gasteiger partial charge in [0.25, 0.3) is 0 Å². The van der Waals surface area contributed by atoms with Gasteiger partial charge in [-0.2, -0.15) is 0 Å². The van der Waals surface area contributed by atoms with Gasteiger partial charge in [0.2, 0.25) is 5.91 Å². The summed E-state index contributed by atoms with van der Waals surface area (Å²) in [5, 5.41) is 3.16. The standard InChI is InChI=1S/C29H28N2O2/c1-22(25-15-10-17-27(19-25)33-21-26-16-8-9-18-30-26)31-29(32)20-28(23-11-4-2-5-12-23)24-13-6-3-7-14-24/h2-19,22,28H,20-21H2,1H3,(H,31,32). The molecule has 0 aliphatic rings. The van der Waals surface area contributed by atoms with E-state index in [-0.39, 0.29) is 17.9 Å². The van der Waals surface area contributed by atoms with Gasteiger partial charge in [0, 0.05) is 18.5 Å². The van der Waals surface area contributed by atoms with Crippen LogP contribution in [0.4, 0.5) is 0 Å². The van der Waals surface area contributed by atoms with Crippen LogP contribution in [0.3, 0.4) is 0 Å². The fourth-order valence-corrected chi connectivity index (χ4v) is 3.88. The zero-order chi connectivity index (χ0) is 22.9. The highest BCUT2D eigenvalue weighted by Gasteiger charge is 2.19. The lowest BCUT2D eigenvalue weighted by atomic mass is 9.88. The number of amides is 1. The first-order valence-corrected chi connectivity index (χ1v) is 11.2. The molecule has 1 unspecified atom stereocenters. The van der Waals surface area contributed by atoms with Gasteiger partial charge in [-0.05, 0) is 47.9 Å². The molecular weight excluding hydrogens is 408 g/mol. The van der Waals surface area contributed by atoms with Crippen LogP contribution >= 0.6 is 0 Å². The quantitative estimate of drug-likeness (QED) is 0.347. The number of carbonyl (C=O) groups is 1. The molecule has 1 heterocycles. The summed E-state index contributed by atoms with van der Waals surface area (Å²) in [6, 6.07) is 33.8. The molecule has 0 fully saturated rings. The fraction of sp³-hybridized carbons (Fsp3) is 0.172. The topological polar surface area (TPSA) is 51.2 Å². The average Bonchev–Trinajstić information content (AvgIpc) is 2.88. The Balaban J connectivity index is 1.41. The van der Waals surface area contributed by atoms with Crippen LogP contribution < -0.4 is 10.1 Å². The highest BCUT2D eigenvalue weighted by molar-refractivity contribution is 5.78. The van der Waals surface area contributed by atoms with Crippen LogP contribution in [0.5, 0.6) is 5.75 Å². The van der Waals surface area contributed by atoms with Crippen LogP contribution in [0, 0.1) is 0 Å².